The lowest BCUT2D eigenvalue weighted by atomic mass is 10.1. The van der Waals surface area contributed by atoms with Crippen molar-refractivity contribution in [2.24, 2.45) is 0 Å². The maximum absolute atomic E-state index is 12.3. The first-order valence-corrected chi connectivity index (χ1v) is 7.75. The van der Waals surface area contributed by atoms with E-state index in [1.54, 1.807) is 18.3 Å². The summed E-state index contributed by atoms with van der Waals surface area (Å²) in [5.74, 6) is 0. The van der Waals surface area contributed by atoms with E-state index in [-0.39, 0.29) is 11.4 Å². The lowest BCUT2D eigenvalue weighted by molar-refractivity contribution is 0.0569. The molecule has 1 aliphatic rings. The third-order valence-corrected chi connectivity index (χ3v) is 5.46. The van der Waals surface area contributed by atoms with E-state index in [4.69, 9.17) is 4.74 Å². The molecule has 1 fully saturated rings. The van der Waals surface area contributed by atoms with Crippen molar-refractivity contribution >= 4 is 10.0 Å². The predicted molar refractivity (Wildman–Crippen MR) is 68.5 cm³/mol. The molecule has 0 aliphatic carbocycles. The normalized spacial score (nSPS) is 24.8. The van der Waals surface area contributed by atoms with E-state index in [1.165, 1.54) is 0 Å². The third-order valence-electron chi connectivity index (χ3n) is 3.22. The number of piperidine rings is 1. The van der Waals surface area contributed by atoms with Gasteiger partial charge in [0.25, 0.3) is 0 Å². The summed E-state index contributed by atoms with van der Waals surface area (Å²) in [5, 5.41) is 2.70. The van der Waals surface area contributed by atoms with Gasteiger partial charge in [-0.15, -0.1) is 0 Å². The van der Waals surface area contributed by atoms with Crippen LogP contribution in [0.25, 0.3) is 0 Å². The van der Waals surface area contributed by atoms with E-state index in [1.807, 2.05) is 6.92 Å². The van der Waals surface area contributed by atoms with Gasteiger partial charge in [0, 0.05) is 26.7 Å². The molecule has 2 atom stereocenters. The van der Waals surface area contributed by atoms with Gasteiger partial charge in [-0.05, 0) is 26.3 Å². The lowest BCUT2D eigenvalue weighted by Gasteiger charge is -2.33. The van der Waals surface area contributed by atoms with Gasteiger partial charge in [-0.25, -0.2) is 8.42 Å². The van der Waals surface area contributed by atoms with Crippen molar-refractivity contribution in [3.63, 3.8) is 0 Å². The summed E-state index contributed by atoms with van der Waals surface area (Å²) in [4.78, 5) is 0. The second kappa shape index (κ2) is 6.68. The van der Waals surface area contributed by atoms with Crippen molar-refractivity contribution in [2.45, 2.75) is 38.0 Å². The number of rotatable bonds is 6. The van der Waals surface area contributed by atoms with E-state index in [9.17, 15) is 8.42 Å². The summed E-state index contributed by atoms with van der Waals surface area (Å²) in [5.41, 5.74) is 0. The molecule has 1 heterocycles. The van der Waals surface area contributed by atoms with Gasteiger partial charge in [-0.3, -0.25) is 0 Å². The monoisotopic (exact) mass is 264 g/mol. The largest absolute Gasteiger partial charge is 0.380 e. The third kappa shape index (κ3) is 3.91. The molecule has 0 radical (unpaired) electrons. The van der Waals surface area contributed by atoms with Crippen molar-refractivity contribution in [1.29, 1.82) is 0 Å². The summed E-state index contributed by atoms with van der Waals surface area (Å²) in [7, 11) is -1.54. The summed E-state index contributed by atoms with van der Waals surface area (Å²) < 4.78 is 31.4. The highest BCUT2D eigenvalue weighted by Crippen LogP contribution is 2.18. The van der Waals surface area contributed by atoms with Crippen LogP contribution in [0.5, 0.6) is 0 Å². The van der Waals surface area contributed by atoms with Crippen LogP contribution in [0.3, 0.4) is 0 Å². The molecular weight excluding hydrogens is 240 g/mol. The van der Waals surface area contributed by atoms with Gasteiger partial charge < -0.3 is 10.1 Å². The Labute approximate surface area is 105 Å². The maximum atomic E-state index is 12.3. The Hall–Kier alpha value is -0.170. The number of hydrogen-bond acceptors (Lipinski definition) is 4. The Kier molecular flexibility index (Phi) is 5.85. The van der Waals surface area contributed by atoms with E-state index in [2.05, 4.69) is 5.32 Å². The number of sulfonamides is 1. The molecule has 0 saturated carbocycles. The fourth-order valence-corrected chi connectivity index (χ4v) is 3.63. The molecule has 0 spiro atoms. The van der Waals surface area contributed by atoms with E-state index in [0.29, 0.717) is 19.6 Å². The molecule has 1 aliphatic heterocycles. The zero-order chi connectivity index (χ0) is 12.9. The smallest absolute Gasteiger partial charge is 0.218 e. The van der Waals surface area contributed by atoms with Gasteiger partial charge in [0.15, 0.2) is 0 Å². The molecule has 102 valence electrons. The van der Waals surface area contributed by atoms with Gasteiger partial charge in [-0.2, -0.15) is 4.31 Å². The molecular formula is C11H24N2O3S. The van der Waals surface area contributed by atoms with Crippen molar-refractivity contribution in [3.8, 4) is 0 Å². The molecule has 0 aromatic rings. The Morgan fingerprint density at radius 3 is 2.82 bits per heavy atom. The minimum atomic E-state index is -3.19. The average Bonchev–Trinajstić information content (AvgIpc) is 2.35. The molecule has 1 N–H and O–H groups in total. The van der Waals surface area contributed by atoms with Crippen molar-refractivity contribution in [1.82, 2.24) is 9.62 Å². The van der Waals surface area contributed by atoms with E-state index in [0.717, 1.165) is 19.4 Å². The fourth-order valence-electron chi connectivity index (χ4n) is 2.04. The Balaban J connectivity index is 2.62. The van der Waals surface area contributed by atoms with Crippen LogP contribution in [0.1, 0.15) is 26.7 Å². The van der Waals surface area contributed by atoms with Gasteiger partial charge in [-0.1, -0.05) is 6.92 Å². The minimum absolute atomic E-state index is 0.0462. The molecule has 5 nitrogen and oxygen atoms in total. The van der Waals surface area contributed by atoms with Crippen LogP contribution in [0.15, 0.2) is 0 Å². The second-order valence-corrected chi connectivity index (χ2v) is 6.87. The van der Waals surface area contributed by atoms with Gasteiger partial charge >= 0.3 is 0 Å². The van der Waals surface area contributed by atoms with Gasteiger partial charge in [0.2, 0.25) is 10.0 Å². The summed E-state index contributed by atoms with van der Waals surface area (Å²) in [6.07, 6.45) is 1.88. The number of methoxy groups -OCH3 is 1. The van der Waals surface area contributed by atoms with Gasteiger partial charge in [0.1, 0.15) is 0 Å². The molecule has 1 rings (SSSR count). The molecule has 0 amide bonds. The van der Waals surface area contributed by atoms with Crippen LogP contribution in [-0.4, -0.2) is 57.4 Å². The number of nitrogens with zero attached hydrogens (tertiary/aromatic N) is 1. The fraction of sp³-hybridized carbons (Fsp3) is 1.00. The lowest BCUT2D eigenvalue weighted by Crippen LogP contribution is -2.48. The molecule has 0 aromatic carbocycles. The number of ether oxygens (including phenoxy) is 1. The second-order valence-electron chi connectivity index (χ2n) is 4.52. The topological polar surface area (TPSA) is 58.6 Å². The summed E-state index contributed by atoms with van der Waals surface area (Å²) >= 11 is 0. The molecule has 17 heavy (non-hydrogen) atoms. The van der Waals surface area contributed by atoms with Crippen molar-refractivity contribution < 1.29 is 13.2 Å². The van der Waals surface area contributed by atoms with Gasteiger partial charge in [0.05, 0.1) is 11.4 Å². The molecule has 2 unspecified atom stereocenters. The Morgan fingerprint density at radius 2 is 2.24 bits per heavy atom. The zero-order valence-corrected chi connectivity index (χ0v) is 11.8. The molecule has 0 aromatic heterocycles. The molecule has 0 bridgehead atoms. The van der Waals surface area contributed by atoms with Crippen molar-refractivity contribution in [2.75, 3.05) is 33.3 Å². The highest BCUT2D eigenvalue weighted by molar-refractivity contribution is 7.89. The van der Waals surface area contributed by atoms with E-state index >= 15 is 0 Å². The van der Waals surface area contributed by atoms with Crippen molar-refractivity contribution in [3.05, 3.63) is 0 Å². The number of nitrogens with one attached hydrogen (secondary N) is 1. The highest BCUT2D eigenvalue weighted by Gasteiger charge is 2.32. The average molecular weight is 264 g/mol. The SMILES string of the molecule is CCNCC(C)S(=O)(=O)N1CCCC(OC)C1. The Morgan fingerprint density at radius 1 is 1.53 bits per heavy atom. The summed E-state index contributed by atoms with van der Waals surface area (Å²) in [6.45, 7) is 6.15. The van der Waals surface area contributed by atoms with Crippen LogP contribution >= 0.6 is 0 Å². The number of hydrogen-bond donors (Lipinski definition) is 1. The first-order valence-electron chi connectivity index (χ1n) is 6.24. The van der Waals surface area contributed by atoms with Crippen LogP contribution in [0.2, 0.25) is 0 Å². The zero-order valence-electron chi connectivity index (χ0n) is 11.0. The predicted octanol–water partition coefficient (Wildman–Crippen LogP) is 0.425. The minimum Gasteiger partial charge on any atom is -0.380 e. The first-order chi connectivity index (χ1) is 8.02. The van der Waals surface area contributed by atoms with Crippen LogP contribution in [-0.2, 0) is 14.8 Å². The summed E-state index contributed by atoms with van der Waals surface area (Å²) in [6, 6.07) is 0. The maximum Gasteiger partial charge on any atom is 0.218 e. The molecule has 6 heteroatoms. The van der Waals surface area contributed by atoms with Crippen LogP contribution in [0, 0.1) is 0 Å². The quantitative estimate of drug-likeness (QED) is 0.755. The van der Waals surface area contributed by atoms with E-state index < -0.39 is 10.0 Å². The molecule has 1 saturated heterocycles. The standard InChI is InChI=1S/C11H24N2O3S/c1-4-12-8-10(2)17(14,15)13-7-5-6-11(9-13)16-3/h10-12H,4-9H2,1-3H3. The highest BCUT2D eigenvalue weighted by atomic mass is 32.2. The van der Waals surface area contributed by atoms with Crippen LogP contribution in [0.4, 0.5) is 0 Å². The van der Waals surface area contributed by atoms with Crippen LogP contribution < -0.4 is 5.32 Å². The first kappa shape index (κ1) is 14.9. The Bertz CT molecular complexity index is 319.